The van der Waals surface area contributed by atoms with Crippen LogP contribution in [-0.2, 0) is 14.6 Å². The van der Waals surface area contributed by atoms with Gasteiger partial charge < -0.3 is 4.55 Å². The standard InChI is InChI=1S/C31H64O4S.K/c1-3-5-7-9-11-13-15-16-17-18-19-21-23-25-27-29-31(30-35-36(32,33)34)28-26-24-22-20-14-12-10-8-6-4-2;/h31H,3-30H2,1-2H3,(H,32,33,34);/q;+1/p-1. The quantitative estimate of drug-likeness (QED) is 0.0385. The van der Waals surface area contributed by atoms with Gasteiger partial charge in [0.05, 0.1) is 6.61 Å². The molecule has 0 saturated heterocycles. The van der Waals surface area contributed by atoms with E-state index in [0.29, 0.717) is 0 Å². The van der Waals surface area contributed by atoms with Gasteiger partial charge >= 0.3 is 51.4 Å². The summed E-state index contributed by atoms with van der Waals surface area (Å²) in [5, 5.41) is 0. The third-order valence-electron chi connectivity index (χ3n) is 7.63. The smallest absolute Gasteiger partial charge is 0.726 e. The molecule has 0 amide bonds. The van der Waals surface area contributed by atoms with Crippen LogP contribution in [0, 0.1) is 5.92 Å². The Labute approximate surface area is 276 Å². The van der Waals surface area contributed by atoms with Crippen molar-refractivity contribution in [1.29, 1.82) is 0 Å². The molecule has 0 saturated carbocycles. The second-order valence-electron chi connectivity index (χ2n) is 11.3. The number of rotatable bonds is 30. The van der Waals surface area contributed by atoms with E-state index in [1.54, 1.807) is 0 Å². The Balaban J connectivity index is 0. The molecule has 37 heavy (non-hydrogen) atoms. The summed E-state index contributed by atoms with van der Waals surface area (Å²) < 4.78 is 37.4. The first-order chi connectivity index (χ1) is 17.5. The fourth-order valence-corrected chi connectivity index (χ4v) is 5.57. The average Bonchev–Trinajstić information content (AvgIpc) is 2.84. The molecular weight excluding hydrogens is 508 g/mol. The molecule has 0 spiro atoms. The summed E-state index contributed by atoms with van der Waals surface area (Å²) in [6, 6.07) is 0. The molecule has 0 radical (unpaired) electrons. The molecule has 218 valence electrons. The van der Waals surface area contributed by atoms with Crippen molar-refractivity contribution in [3.05, 3.63) is 0 Å². The van der Waals surface area contributed by atoms with E-state index in [1.807, 2.05) is 0 Å². The molecule has 0 aromatic carbocycles. The molecule has 0 bridgehead atoms. The zero-order valence-corrected chi connectivity index (χ0v) is 29.4. The van der Waals surface area contributed by atoms with E-state index in [4.69, 9.17) is 0 Å². The van der Waals surface area contributed by atoms with Crippen molar-refractivity contribution >= 4 is 10.4 Å². The SMILES string of the molecule is CCCCCCCCCCCCCCCCCC(CCCCCCCCCCCC)COS(=O)(=O)[O-].[K+]. The van der Waals surface area contributed by atoms with Crippen molar-refractivity contribution in [3.8, 4) is 0 Å². The van der Waals surface area contributed by atoms with Crippen molar-refractivity contribution in [2.75, 3.05) is 6.61 Å². The molecule has 0 aliphatic carbocycles. The summed E-state index contributed by atoms with van der Waals surface area (Å²) in [6.45, 7) is 4.60. The van der Waals surface area contributed by atoms with Crippen LogP contribution in [0.15, 0.2) is 0 Å². The number of hydrogen-bond acceptors (Lipinski definition) is 4. The van der Waals surface area contributed by atoms with Gasteiger partial charge in [-0.1, -0.05) is 174 Å². The van der Waals surface area contributed by atoms with Crippen molar-refractivity contribution < 1.29 is 68.5 Å². The predicted molar refractivity (Wildman–Crippen MR) is 155 cm³/mol. The third-order valence-corrected chi connectivity index (χ3v) is 8.05. The van der Waals surface area contributed by atoms with Gasteiger partial charge in [-0.25, -0.2) is 8.42 Å². The minimum Gasteiger partial charge on any atom is -0.726 e. The molecule has 0 N–H and O–H groups in total. The molecule has 0 aliphatic rings. The Morgan fingerprint density at radius 1 is 0.486 bits per heavy atom. The molecule has 0 heterocycles. The van der Waals surface area contributed by atoms with E-state index in [-0.39, 0.29) is 63.9 Å². The van der Waals surface area contributed by atoms with Gasteiger partial charge in [0.2, 0.25) is 10.4 Å². The van der Waals surface area contributed by atoms with Gasteiger partial charge in [0.15, 0.2) is 0 Å². The van der Waals surface area contributed by atoms with Gasteiger partial charge in [-0.05, 0) is 18.8 Å². The van der Waals surface area contributed by atoms with Crippen LogP contribution in [0.1, 0.15) is 187 Å². The number of hydrogen-bond donors (Lipinski definition) is 0. The van der Waals surface area contributed by atoms with Crippen molar-refractivity contribution in [3.63, 3.8) is 0 Å². The molecule has 0 aromatic heterocycles. The van der Waals surface area contributed by atoms with Crippen LogP contribution >= 0.6 is 0 Å². The van der Waals surface area contributed by atoms with Gasteiger partial charge in [0.25, 0.3) is 0 Å². The molecule has 6 heteroatoms. The van der Waals surface area contributed by atoms with Crippen molar-refractivity contribution in [1.82, 2.24) is 0 Å². The largest absolute Gasteiger partial charge is 1.00 e. The zero-order chi connectivity index (χ0) is 26.6. The molecule has 1 atom stereocenters. The molecule has 1 unspecified atom stereocenters. The summed E-state index contributed by atoms with van der Waals surface area (Å²) in [5.41, 5.74) is 0. The monoisotopic (exact) mass is 570 g/mol. The van der Waals surface area contributed by atoms with Crippen LogP contribution in [0.3, 0.4) is 0 Å². The van der Waals surface area contributed by atoms with Gasteiger partial charge in [0.1, 0.15) is 0 Å². The molecule has 0 aromatic rings. The first kappa shape index (κ1) is 40.6. The van der Waals surface area contributed by atoms with Gasteiger partial charge in [0, 0.05) is 0 Å². The van der Waals surface area contributed by atoms with E-state index in [2.05, 4.69) is 18.0 Å². The summed E-state index contributed by atoms with van der Waals surface area (Å²) >= 11 is 0. The molecule has 0 fully saturated rings. The maximum absolute atomic E-state index is 10.9. The van der Waals surface area contributed by atoms with E-state index in [1.165, 1.54) is 148 Å². The molecule has 0 rings (SSSR count). The van der Waals surface area contributed by atoms with E-state index < -0.39 is 10.4 Å². The van der Waals surface area contributed by atoms with Gasteiger partial charge in [-0.15, -0.1) is 0 Å². The van der Waals surface area contributed by atoms with Crippen LogP contribution in [0.25, 0.3) is 0 Å². The average molecular weight is 571 g/mol. The Bertz CT molecular complexity index is 527. The molecular formula is C31H63KO4S. The van der Waals surface area contributed by atoms with Crippen molar-refractivity contribution in [2.45, 2.75) is 187 Å². The van der Waals surface area contributed by atoms with Crippen LogP contribution in [0.2, 0.25) is 0 Å². The Hall–Kier alpha value is 1.51. The zero-order valence-electron chi connectivity index (χ0n) is 25.4. The van der Waals surface area contributed by atoms with Crippen LogP contribution < -0.4 is 51.4 Å². The summed E-state index contributed by atoms with van der Waals surface area (Å²) in [5.74, 6) is 0.199. The second-order valence-corrected chi connectivity index (χ2v) is 12.3. The normalized spacial score (nSPS) is 12.5. The molecule has 0 aliphatic heterocycles. The fourth-order valence-electron chi connectivity index (χ4n) is 5.22. The van der Waals surface area contributed by atoms with Crippen LogP contribution in [-0.4, -0.2) is 19.6 Å². The molecule has 4 nitrogen and oxygen atoms in total. The second kappa shape index (κ2) is 32.0. The first-order valence-corrected chi connectivity index (χ1v) is 17.4. The minimum absolute atomic E-state index is 0. The Morgan fingerprint density at radius 3 is 0.973 bits per heavy atom. The number of unbranched alkanes of at least 4 members (excludes halogenated alkanes) is 23. The minimum atomic E-state index is -4.58. The maximum Gasteiger partial charge on any atom is 1.00 e. The Morgan fingerprint density at radius 2 is 0.730 bits per heavy atom. The summed E-state index contributed by atoms with van der Waals surface area (Å²) in [6.07, 6.45) is 35.2. The topological polar surface area (TPSA) is 66.4 Å². The Kier molecular flexibility index (Phi) is 35.2. The van der Waals surface area contributed by atoms with Crippen LogP contribution in [0.4, 0.5) is 0 Å². The first-order valence-electron chi connectivity index (χ1n) is 16.1. The van der Waals surface area contributed by atoms with Gasteiger partial charge in [-0.3, -0.25) is 4.18 Å². The summed E-state index contributed by atoms with van der Waals surface area (Å²) in [4.78, 5) is 0. The maximum atomic E-state index is 10.9. The third kappa shape index (κ3) is 35.5. The van der Waals surface area contributed by atoms with Crippen molar-refractivity contribution in [2.24, 2.45) is 5.92 Å². The summed E-state index contributed by atoms with van der Waals surface area (Å²) in [7, 11) is -4.58. The van der Waals surface area contributed by atoms with E-state index in [0.717, 1.165) is 25.7 Å². The fraction of sp³-hybridized carbons (Fsp3) is 1.00. The van der Waals surface area contributed by atoms with E-state index >= 15 is 0 Å². The van der Waals surface area contributed by atoms with Gasteiger partial charge in [-0.2, -0.15) is 0 Å². The predicted octanol–water partition coefficient (Wildman–Crippen LogP) is 7.66. The van der Waals surface area contributed by atoms with E-state index in [9.17, 15) is 13.0 Å². The van der Waals surface area contributed by atoms with Crippen LogP contribution in [0.5, 0.6) is 0 Å².